The number of benzene rings is 1. The molecule has 4 nitrogen and oxygen atoms in total. The minimum absolute atomic E-state index is 0.0302. The molecule has 2 aromatic heterocycles. The van der Waals surface area contributed by atoms with Crippen LogP contribution in [0, 0.1) is 0 Å². The van der Waals surface area contributed by atoms with E-state index in [0.29, 0.717) is 30.8 Å². The average Bonchev–Trinajstić information content (AvgIpc) is 3.11. The van der Waals surface area contributed by atoms with Crippen molar-refractivity contribution in [2.45, 2.75) is 19.3 Å². The van der Waals surface area contributed by atoms with Gasteiger partial charge >= 0.3 is 0 Å². The molecule has 0 spiro atoms. The molecule has 3 rings (SSSR count). The van der Waals surface area contributed by atoms with E-state index in [-0.39, 0.29) is 5.91 Å². The summed E-state index contributed by atoms with van der Waals surface area (Å²) in [5.74, 6) is 0.0302. The second-order valence-corrected chi connectivity index (χ2v) is 6.84. The number of rotatable bonds is 7. The number of aryl methyl sites for hydroxylation is 1. The highest BCUT2D eigenvalue weighted by molar-refractivity contribution is 7.13. The lowest BCUT2D eigenvalue weighted by molar-refractivity contribution is -0.121. The Balaban J connectivity index is 1.43. The van der Waals surface area contributed by atoms with Crippen LogP contribution in [0.4, 0.5) is 0 Å². The van der Waals surface area contributed by atoms with Crippen molar-refractivity contribution in [2.75, 3.05) is 6.54 Å². The van der Waals surface area contributed by atoms with E-state index in [0.717, 1.165) is 21.8 Å². The predicted octanol–water partition coefficient (Wildman–Crippen LogP) is 4.15. The van der Waals surface area contributed by atoms with Crippen LogP contribution in [0.1, 0.15) is 17.7 Å². The standard InChI is InChI=1S/C19H18ClN3OS/c20-17-6-2-1-4-14(17)7-8-18(24)22-11-9-16-13-25-19(23-16)15-5-3-10-21-12-15/h1-6,10,12-13H,7-9,11H2,(H,22,24). The fourth-order valence-electron chi connectivity index (χ4n) is 2.41. The van der Waals surface area contributed by atoms with Crippen LogP contribution >= 0.6 is 22.9 Å². The molecule has 0 radical (unpaired) electrons. The van der Waals surface area contributed by atoms with Crippen molar-refractivity contribution in [3.05, 3.63) is 70.5 Å². The van der Waals surface area contributed by atoms with E-state index in [9.17, 15) is 4.79 Å². The van der Waals surface area contributed by atoms with Gasteiger partial charge in [0, 0.05) is 47.7 Å². The number of nitrogens with zero attached hydrogens (tertiary/aromatic N) is 2. The maximum absolute atomic E-state index is 12.0. The van der Waals surface area contributed by atoms with Crippen LogP contribution in [-0.4, -0.2) is 22.4 Å². The molecule has 6 heteroatoms. The second kappa shape index (κ2) is 8.74. The molecule has 1 N–H and O–H groups in total. The van der Waals surface area contributed by atoms with Gasteiger partial charge in [0.15, 0.2) is 0 Å². The Kier molecular flexibility index (Phi) is 6.14. The number of nitrogens with one attached hydrogen (secondary N) is 1. The molecule has 1 aromatic carbocycles. The zero-order valence-electron chi connectivity index (χ0n) is 13.6. The second-order valence-electron chi connectivity index (χ2n) is 5.58. The molecule has 0 saturated carbocycles. The maximum atomic E-state index is 12.0. The summed E-state index contributed by atoms with van der Waals surface area (Å²) >= 11 is 7.69. The van der Waals surface area contributed by atoms with E-state index in [2.05, 4.69) is 15.3 Å². The highest BCUT2D eigenvalue weighted by Gasteiger charge is 2.07. The van der Waals surface area contributed by atoms with Gasteiger partial charge in [0.25, 0.3) is 0 Å². The van der Waals surface area contributed by atoms with E-state index in [4.69, 9.17) is 11.6 Å². The first-order valence-electron chi connectivity index (χ1n) is 8.07. The Labute approximate surface area is 155 Å². The monoisotopic (exact) mass is 371 g/mol. The highest BCUT2D eigenvalue weighted by atomic mass is 35.5. The van der Waals surface area contributed by atoms with E-state index in [1.165, 1.54) is 0 Å². The number of aromatic nitrogens is 2. The lowest BCUT2D eigenvalue weighted by Gasteiger charge is -2.05. The van der Waals surface area contributed by atoms with E-state index in [1.54, 1.807) is 23.7 Å². The van der Waals surface area contributed by atoms with Crippen LogP contribution in [0.2, 0.25) is 5.02 Å². The number of carbonyl (C=O) groups is 1. The Bertz CT molecular complexity index is 835. The fourth-order valence-corrected chi connectivity index (χ4v) is 3.49. The van der Waals surface area contributed by atoms with Crippen molar-refractivity contribution < 1.29 is 4.79 Å². The Hall–Kier alpha value is -2.24. The van der Waals surface area contributed by atoms with Crippen molar-refractivity contribution in [3.8, 4) is 10.6 Å². The molecule has 0 fully saturated rings. The number of amides is 1. The van der Waals surface area contributed by atoms with Crippen LogP contribution in [0.5, 0.6) is 0 Å². The number of carbonyl (C=O) groups excluding carboxylic acids is 1. The minimum atomic E-state index is 0.0302. The molecule has 0 aliphatic carbocycles. The minimum Gasteiger partial charge on any atom is -0.356 e. The van der Waals surface area contributed by atoms with Crippen molar-refractivity contribution in [2.24, 2.45) is 0 Å². The summed E-state index contributed by atoms with van der Waals surface area (Å²) in [6.45, 7) is 0.581. The number of hydrogen-bond acceptors (Lipinski definition) is 4. The summed E-state index contributed by atoms with van der Waals surface area (Å²) < 4.78 is 0. The van der Waals surface area contributed by atoms with Gasteiger partial charge in [0.05, 0.1) is 5.69 Å². The molecule has 0 aliphatic heterocycles. The van der Waals surface area contributed by atoms with Crippen molar-refractivity contribution in [1.29, 1.82) is 0 Å². The molecule has 0 saturated heterocycles. The van der Waals surface area contributed by atoms with Gasteiger partial charge in [-0.25, -0.2) is 4.98 Å². The van der Waals surface area contributed by atoms with Crippen LogP contribution in [0.15, 0.2) is 54.2 Å². The highest BCUT2D eigenvalue weighted by Crippen LogP contribution is 2.22. The maximum Gasteiger partial charge on any atom is 0.220 e. The molecule has 0 atom stereocenters. The smallest absolute Gasteiger partial charge is 0.220 e. The molecular formula is C19H18ClN3OS. The van der Waals surface area contributed by atoms with Gasteiger partial charge in [-0.15, -0.1) is 11.3 Å². The number of halogens is 1. The zero-order valence-corrected chi connectivity index (χ0v) is 15.2. The number of pyridine rings is 1. The molecule has 25 heavy (non-hydrogen) atoms. The summed E-state index contributed by atoms with van der Waals surface area (Å²) in [6, 6.07) is 11.5. The SMILES string of the molecule is O=C(CCc1ccccc1Cl)NCCc1csc(-c2cccnc2)n1. The summed E-state index contributed by atoms with van der Waals surface area (Å²) in [5.41, 5.74) is 3.00. The fraction of sp³-hybridized carbons (Fsp3) is 0.211. The molecule has 2 heterocycles. The third-order valence-corrected chi connectivity index (χ3v) is 5.05. The van der Waals surface area contributed by atoms with E-state index >= 15 is 0 Å². The Morgan fingerprint density at radius 2 is 2.04 bits per heavy atom. The lowest BCUT2D eigenvalue weighted by Crippen LogP contribution is -2.25. The van der Waals surface area contributed by atoms with Crippen LogP contribution in [0.25, 0.3) is 10.6 Å². The van der Waals surface area contributed by atoms with Gasteiger partial charge in [-0.1, -0.05) is 29.8 Å². The quantitative estimate of drug-likeness (QED) is 0.678. The van der Waals surface area contributed by atoms with Gasteiger partial charge in [-0.05, 0) is 30.2 Å². The molecule has 128 valence electrons. The van der Waals surface area contributed by atoms with Gasteiger partial charge < -0.3 is 5.32 Å². The molecule has 3 aromatic rings. The lowest BCUT2D eigenvalue weighted by atomic mass is 10.1. The molecule has 0 bridgehead atoms. The number of hydrogen-bond donors (Lipinski definition) is 1. The Morgan fingerprint density at radius 3 is 2.84 bits per heavy atom. The third-order valence-electron chi connectivity index (χ3n) is 3.74. The molecule has 0 aliphatic rings. The summed E-state index contributed by atoms with van der Waals surface area (Å²) in [7, 11) is 0. The summed E-state index contributed by atoms with van der Waals surface area (Å²) in [6.07, 6.45) is 5.35. The van der Waals surface area contributed by atoms with Crippen molar-refractivity contribution in [3.63, 3.8) is 0 Å². The average molecular weight is 372 g/mol. The largest absolute Gasteiger partial charge is 0.356 e. The van der Waals surface area contributed by atoms with Gasteiger partial charge in [-0.3, -0.25) is 9.78 Å². The first kappa shape index (κ1) is 17.6. The van der Waals surface area contributed by atoms with Crippen molar-refractivity contribution in [1.82, 2.24) is 15.3 Å². The van der Waals surface area contributed by atoms with Gasteiger partial charge in [0.2, 0.25) is 5.91 Å². The molecule has 1 amide bonds. The normalized spacial score (nSPS) is 10.6. The summed E-state index contributed by atoms with van der Waals surface area (Å²) in [5, 5.41) is 6.63. The van der Waals surface area contributed by atoms with E-state index < -0.39 is 0 Å². The van der Waals surface area contributed by atoms with Gasteiger partial charge in [-0.2, -0.15) is 0 Å². The zero-order chi connectivity index (χ0) is 17.5. The van der Waals surface area contributed by atoms with Crippen LogP contribution in [-0.2, 0) is 17.6 Å². The number of thiazole rings is 1. The first-order chi connectivity index (χ1) is 12.2. The molecular weight excluding hydrogens is 354 g/mol. The van der Waals surface area contributed by atoms with Gasteiger partial charge in [0.1, 0.15) is 5.01 Å². The first-order valence-corrected chi connectivity index (χ1v) is 9.33. The van der Waals surface area contributed by atoms with Crippen LogP contribution < -0.4 is 5.32 Å². The third kappa shape index (κ3) is 5.11. The Morgan fingerprint density at radius 1 is 1.16 bits per heavy atom. The topological polar surface area (TPSA) is 54.9 Å². The molecule has 0 unspecified atom stereocenters. The summed E-state index contributed by atoms with van der Waals surface area (Å²) in [4.78, 5) is 20.7. The van der Waals surface area contributed by atoms with E-state index in [1.807, 2.05) is 41.8 Å². The van der Waals surface area contributed by atoms with Crippen molar-refractivity contribution >= 4 is 28.8 Å². The predicted molar refractivity (Wildman–Crippen MR) is 102 cm³/mol. The van der Waals surface area contributed by atoms with Crippen LogP contribution in [0.3, 0.4) is 0 Å².